The van der Waals surface area contributed by atoms with Crippen LogP contribution in [0.4, 0.5) is 0 Å². The van der Waals surface area contributed by atoms with Gasteiger partial charge >= 0.3 is 0 Å². The van der Waals surface area contributed by atoms with Gasteiger partial charge in [-0.3, -0.25) is 4.68 Å². The molecule has 0 bridgehead atoms. The summed E-state index contributed by atoms with van der Waals surface area (Å²) in [5.74, 6) is 0. The number of rotatable bonds is 6. The maximum atomic E-state index is 9.73. The van der Waals surface area contributed by atoms with Gasteiger partial charge in [0.2, 0.25) is 0 Å². The molecule has 86 valence electrons. The average Bonchev–Trinajstić information content (AvgIpc) is 2.62. The summed E-state index contributed by atoms with van der Waals surface area (Å²) in [4.78, 5) is 0. The van der Waals surface area contributed by atoms with Crippen molar-refractivity contribution < 1.29 is 5.11 Å². The Balaban J connectivity index is 2.33. The monoisotopic (exact) mass is 211 g/mol. The predicted molar refractivity (Wildman–Crippen MR) is 60.8 cm³/mol. The molecule has 2 N–H and O–H groups in total. The molecule has 1 aromatic rings. The summed E-state index contributed by atoms with van der Waals surface area (Å²) in [5, 5.41) is 17.1. The molecule has 0 aliphatic rings. The van der Waals surface area contributed by atoms with E-state index in [1.807, 2.05) is 24.0 Å². The van der Waals surface area contributed by atoms with Crippen LogP contribution in [-0.2, 0) is 13.0 Å². The molecule has 0 aliphatic carbocycles. The molecule has 4 nitrogen and oxygen atoms in total. The predicted octanol–water partition coefficient (Wildman–Crippen LogP) is 0.804. The molecule has 0 aliphatic heterocycles. The zero-order valence-corrected chi connectivity index (χ0v) is 9.77. The van der Waals surface area contributed by atoms with Gasteiger partial charge in [-0.05, 0) is 12.5 Å². The molecule has 1 rings (SSSR count). The van der Waals surface area contributed by atoms with Gasteiger partial charge in [0.25, 0.3) is 0 Å². The highest BCUT2D eigenvalue weighted by molar-refractivity contribution is 5.05. The zero-order valence-electron chi connectivity index (χ0n) is 9.77. The number of aromatic nitrogens is 2. The lowest BCUT2D eigenvalue weighted by molar-refractivity contribution is 0.169. The Kier molecular flexibility index (Phi) is 4.78. The van der Waals surface area contributed by atoms with Crippen LogP contribution in [0.15, 0.2) is 12.4 Å². The van der Waals surface area contributed by atoms with Crippen LogP contribution in [0.5, 0.6) is 0 Å². The number of aliphatic hydroxyl groups excluding tert-OH is 1. The van der Waals surface area contributed by atoms with Crippen LogP contribution in [0.3, 0.4) is 0 Å². The van der Waals surface area contributed by atoms with Gasteiger partial charge in [-0.25, -0.2) is 0 Å². The first-order valence-electron chi connectivity index (χ1n) is 5.54. The van der Waals surface area contributed by atoms with Crippen molar-refractivity contribution >= 4 is 0 Å². The van der Waals surface area contributed by atoms with Gasteiger partial charge in [0.1, 0.15) is 0 Å². The highest BCUT2D eigenvalue weighted by Gasteiger charge is 2.07. The summed E-state index contributed by atoms with van der Waals surface area (Å²) in [6, 6.07) is 0.415. The van der Waals surface area contributed by atoms with E-state index in [0.717, 1.165) is 12.1 Å². The number of nitrogens with one attached hydrogen (secondary N) is 1. The summed E-state index contributed by atoms with van der Waals surface area (Å²) >= 11 is 0. The van der Waals surface area contributed by atoms with Crippen LogP contribution >= 0.6 is 0 Å². The van der Waals surface area contributed by atoms with Gasteiger partial charge in [-0.2, -0.15) is 5.10 Å². The molecular weight excluding hydrogens is 190 g/mol. The first-order valence-corrected chi connectivity index (χ1v) is 5.54. The van der Waals surface area contributed by atoms with Gasteiger partial charge in [0, 0.05) is 31.7 Å². The van der Waals surface area contributed by atoms with Crippen molar-refractivity contribution in [1.29, 1.82) is 0 Å². The minimum atomic E-state index is -0.332. The third kappa shape index (κ3) is 4.44. The SMILES string of the molecule is CCn1cc(CC(O)CNC(C)C)cn1. The lowest BCUT2D eigenvalue weighted by Crippen LogP contribution is -2.32. The van der Waals surface area contributed by atoms with Gasteiger partial charge in [-0.1, -0.05) is 13.8 Å². The molecule has 0 spiro atoms. The Morgan fingerprint density at radius 1 is 1.53 bits per heavy atom. The molecule has 0 fully saturated rings. The van der Waals surface area contributed by atoms with Crippen molar-refractivity contribution in [3.63, 3.8) is 0 Å². The minimum absolute atomic E-state index is 0.332. The van der Waals surface area contributed by atoms with Crippen molar-refractivity contribution in [2.75, 3.05) is 6.54 Å². The van der Waals surface area contributed by atoms with Gasteiger partial charge in [-0.15, -0.1) is 0 Å². The van der Waals surface area contributed by atoms with Gasteiger partial charge in [0.15, 0.2) is 0 Å². The van der Waals surface area contributed by atoms with Crippen LogP contribution in [0.1, 0.15) is 26.3 Å². The highest BCUT2D eigenvalue weighted by Crippen LogP contribution is 2.02. The Hall–Kier alpha value is -0.870. The van der Waals surface area contributed by atoms with E-state index in [1.54, 1.807) is 0 Å². The fraction of sp³-hybridized carbons (Fsp3) is 0.727. The van der Waals surface area contributed by atoms with E-state index in [2.05, 4.69) is 24.3 Å². The lowest BCUT2D eigenvalue weighted by atomic mass is 10.1. The molecule has 1 heterocycles. The molecule has 0 aromatic carbocycles. The summed E-state index contributed by atoms with van der Waals surface area (Å²) in [5.41, 5.74) is 1.09. The van der Waals surface area contributed by atoms with E-state index < -0.39 is 0 Å². The quantitative estimate of drug-likeness (QED) is 0.732. The smallest absolute Gasteiger partial charge is 0.0706 e. The second-order valence-corrected chi connectivity index (χ2v) is 4.13. The van der Waals surface area contributed by atoms with Crippen LogP contribution < -0.4 is 5.32 Å². The van der Waals surface area contributed by atoms with Crippen LogP contribution in [0, 0.1) is 0 Å². The number of aryl methyl sites for hydroxylation is 1. The normalized spacial score (nSPS) is 13.4. The summed E-state index contributed by atoms with van der Waals surface area (Å²) in [7, 11) is 0. The third-order valence-corrected chi connectivity index (χ3v) is 2.24. The van der Waals surface area contributed by atoms with Gasteiger partial charge in [0.05, 0.1) is 12.3 Å². The number of nitrogens with zero attached hydrogens (tertiary/aromatic N) is 2. The average molecular weight is 211 g/mol. The fourth-order valence-electron chi connectivity index (χ4n) is 1.40. The van der Waals surface area contributed by atoms with Crippen LogP contribution in [0.25, 0.3) is 0 Å². The van der Waals surface area contributed by atoms with Crippen molar-refractivity contribution in [1.82, 2.24) is 15.1 Å². The van der Waals surface area contributed by atoms with E-state index in [0.29, 0.717) is 19.0 Å². The number of hydrogen-bond donors (Lipinski definition) is 2. The summed E-state index contributed by atoms with van der Waals surface area (Å²) in [6.45, 7) is 7.70. The molecule has 0 saturated carbocycles. The first kappa shape index (κ1) is 12.2. The zero-order chi connectivity index (χ0) is 11.3. The second-order valence-electron chi connectivity index (χ2n) is 4.13. The Morgan fingerprint density at radius 2 is 2.27 bits per heavy atom. The lowest BCUT2D eigenvalue weighted by Gasteiger charge is -2.12. The van der Waals surface area contributed by atoms with Crippen molar-refractivity contribution in [2.24, 2.45) is 0 Å². The molecule has 0 radical (unpaired) electrons. The van der Waals surface area contributed by atoms with E-state index in [-0.39, 0.29) is 6.10 Å². The van der Waals surface area contributed by atoms with E-state index in [1.165, 1.54) is 0 Å². The van der Waals surface area contributed by atoms with Crippen molar-refractivity contribution in [3.8, 4) is 0 Å². The molecule has 1 unspecified atom stereocenters. The van der Waals surface area contributed by atoms with E-state index >= 15 is 0 Å². The molecule has 1 atom stereocenters. The van der Waals surface area contributed by atoms with Gasteiger partial charge < -0.3 is 10.4 Å². The van der Waals surface area contributed by atoms with Crippen molar-refractivity contribution in [3.05, 3.63) is 18.0 Å². The standard InChI is InChI=1S/C11H21N3O/c1-4-14-8-10(6-13-14)5-11(15)7-12-9(2)3/h6,8-9,11-12,15H,4-5,7H2,1-3H3. The maximum Gasteiger partial charge on any atom is 0.0706 e. The van der Waals surface area contributed by atoms with Crippen molar-refractivity contribution in [2.45, 2.75) is 45.9 Å². The van der Waals surface area contributed by atoms with E-state index in [9.17, 15) is 5.11 Å². The topological polar surface area (TPSA) is 50.1 Å². The molecule has 0 saturated heterocycles. The van der Waals surface area contributed by atoms with Crippen LogP contribution in [-0.4, -0.2) is 33.6 Å². The summed E-state index contributed by atoms with van der Waals surface area (Å²) in [6.07, 6.45) is 4.14. The molecule has 1 aromatic heterocycles. The van der Waals surface area contributed by atoms with E-state index in [4.69, 9.17) is 0 Å². The molecule has 15 heavy (non-hydrogen) atoms. The highest BCUT2D eigenvalue weighted by atomic mass is 16.3. The number of aliphatic hydroxyl groups is 1. The number of hydrogen-bond acceptors (Lipinski definition) is 3. The summed E-state index contributed by atoms with van der Waals surface area (Å²) < 4.78 is 1.87. The first-order chi connectivity index (χ1) is 7.11. The molecular formula is C11H21N3O. The minimum Gasteiger partial charge on any atom is -0.391 e. The Bertz CT molecular complexity index is 283. The molecule has 4 heteroatoms. The Labute approximate surface area is 91.3 Å². The maximum absolute atomic E-state index is 9.73. The largest absolute Gasteiger partial charge is 0.391 e. The fourth-order valence-corrected chi connectivity index (χ4v) is 1.40. The third-order valence-electron chi connectivity index (χ3n) is 2.24. The molecule has 0 amide bonds. The second kappa shape index (κ2) is 5.88. The Morgan fingerprint density at radius 3 is 2.80 bits per heavy atom. The van der Waals surface area contributed by atoms with Crippen LogP contribution in [0.2, 0.25) is 0 Å².